The lowest BCUT2D eigenvalue weighted by atomic mass is 10.2. The molecule has 0 bridgehead atoms. The molecule has 0 saturated carbocycles. The van der Waals surface area contributed by atoms with Crippen LogP contribution in [-0.4, -0.2) is 6.21 Å². The Kier molecular flexibility index (Phi) is 7.33. The van der Waals surface area contributed by atoms with Crippen molar-refractivity contribution in [3.8, 4) is 17.2 Å². The van der Waals surface area contributed by atoms with Gasteiger partial charge in [-0.05, 0) is 71.8 Å². The average molecular weight is 483 g/mol. The van der Waals surface area contributed by atoms with E-state index < -0.39 is 0 Å². The Morgan fingerprint density at radius 3 is 2.00 bits per heavy atom. The maximum atomic E-state index is 6.40. The van der Waals surface area contributed by atoms with Crippen LogP contribution in [0.5, 0.6) is 17.2 Å². The first kappa shape index (κ1) is 22.2. The Labute approximate surface area is 201 Å². The van der Waals surface area contributed by atoms with Gasteiger partial charge in [0.25, 0.3) is 0 Å². The molecule has 0 amide bonds. The van der Waals surface area contributed by atoms with Crippen molar-refractivity contribution >= 4 is 46.7 Å². The van der Waals surface area contributed by atoms with E-state index in [1.54, 1.807) is 18.3 Å². The van der Waals surface area contributed by atoms with Crippen LogP contribution in [0.3, 0.4) is 0 Å². The van der Waals surface area contributed by atoms with Gasteiger partial charge in [0.05, 0.1) is 15.7 Å². The molecule has 3 nitrogen and oxygen atoms in total. The average Bonchev–Trinajstić information content (AvgIpc) is 2.80. The fourth-order valence-electron chi connectivity index (χ4n) is 2.90. The van der Waals surface area contributed by atoms with Crippen molar-refractivity contribution in [3.63, 3.8) is 0 Å². The highest BCUT2D eigenvalue weighted by molar-refractivity contribution is 6.37. The summed E-state index contributed by atoms with van der Waals surface area (Å²) >= 11 is 18.7. The first-order valence-electron chi connectivity index (χ1n) is 9.80. The molecule has 32 heavy (non-hydrogen) atoms. The summed E-state index contributed by atoms with van der Waals surface area (Å²) in [5.41, 5.74) is 2.51. The smallest absolute Gasteiger partial charge is 0.157 e. The molecule has 0 atom stereocenters. The number of para-hydroxylation sites is 1. The maximum Gasteiger partial charge on any atom is 0.157 e. The monoisotopic (exact) mass is 481 g/mol. The van der Waals surface area contributed by atoms with E-state index in [0.717, 1.165) is 28.3 Å². The maximum absolute atomic E-state index is 6.40. The van der Waals surface area contributed by atoms with Gasteiger partial charge in [0.1, 0.15) is 18.1 Å². The second kappa shape index (κ2) is 10.6. The van der Waals surface area contributed by atoms with Gasteiger partial charge in [0.15, 0.2) is 5.75 Å². The third-order valence-electron chi connectivity index (χ3n) is 4.50. The number of hydrogen-bond donors (Lipinski definition) is 0. The van der Waals surface area contributed by atoms with Crippen LogP contribution in [0.2, 0.25) is 15.1 Å². The SMILES string of the molecule is Clc1ccc(COc2c(Cl)cc(C=Nc3ccc(Oc4ccccc4)cc3)cc2Cl)cc1. The van der Waals surface area contributed by atoms with Gasteiger partial charge >= 0.3 is 0 Å². The Morgan fingerprint density at radius 1 is 0.719 bits per heavy atom. The van der Waals surface area contributed by atoms with Gasteiger partial charge in [-0.1, -0.05) is 65.1 Å². The predicted octanol–water partition coefficient (Wildman–Crippen LogP) is 8.77. The molecule has 0 unspecified atom stereocenters. The largest absolute Gasteiger partial charge is 0.486 e. The van der Waals surface area contributed by atoms with Gasteiger partial charge in [-0.3, -0.25) is 4.99 Å². The van der Waals surface area contributed by atoms with Crippen molar-refractivity contribution in [3.05, 3.63) is 117 Å². The lowest BCUT2D eigenvalue weighted by Gasteiger charge is -2.11. The number of hydrogen-bond acceptors (Lipinski definition) is 3. The molecule has 0 aliphatic rings. The molecule has 0 fully saturated rings. The van der Waals surface area contributed by atoms with Crippen molar-refractivity contribution in [1.82, 2.24) is 0 Å². The molecule has 0 aromatic heterocycles. The first-order valence-corrected chi connectivity index (χ1v) is 10.9. The lowest BCUT2D eigenvalue weighted by Crippen LogP contribution is -1.97. The van der Waals surface area contributed by atoms with Crippen LogP contribution in [-0.2, 0) is 6.61 Å². The van der Waals surface area contributed by atoms with Gasteiger partial charge in [-0.2, -0.15) is 0 Å². The zero-order chi connectivity index (χ0) is 22.3. The molecule has 0 saturated heterocycles. The Hall–Kier alpha value is -2.98. The van der Waals surface area contributed by atoms with Crippen LogP contribution < -0.4 is 9.47 Å². The van der Waals surface area contributed by atoms with Gasteiger partial charge in [0, 0.05) is 11.2 Å². The quantitative estimate of drug-likeness (QED) is 0.246. The van der Waals surface area contributed by atoms with Crippen molar-refractivity contribution in [1.29, 1.82) is 0 Å². The van der Waals surface area contributed by atoms with E-state index in [9.17, 15) is 0 Å². The molecule has 0 radical (unpaired) electrons. The molecule has 4 rings (SSSR count). The van der Waals surface area contributed by atoms with Crippen LogP contribution in [0.25, 0.3) is 0 Å². The summed E-state index contributed by atoms with van der Waals surface area (Å²) in [7, 11) is 0. The Morgan fingerprint density at radius 2 is 1.34 bits per heavy atom. The van der Waals surface area contributed by atoms with Gasteiger partial charge in [-0.15, -0.1) is 0 Å². The lowest BCUT2D eigenvalue weighted by molar-refractivity contribution is 0.306. The normalized spacial score (nSPS) is 11.0. The number of rotatable bonds is 7. The molecule has 160 valence electrons. The minimum Gasteiger partial charge on any atom is -0.486 e. The summed E-state index contributed by atoms with van der Waals surface area (Å²) < 4.78 is 11.6. The van der Waals surface area contributed by atoms with Gasteiger partial charge < -0.3 is 9.47 Å². The number of benzene rings is 4. The Balaban J connectivity index is 1.41. The van der Waals surface area contributed by atoms with E-state index >= 15 is 0 Å². The van der Waals surface area contributed by atoms with Gasteiger partial charge in [-0.25, -0.2) is 0 Å². The van der Waals surface area contributed by atoms with Crippen LogP contribution in [0.15, 0.2) is 96.0 Å². The minimum atomic E-state index is 0.335. The summed E-state index contributed by atoms with van der Waals surface area (Å²) in [5, 5.41) is 1.51. The minimum absolute atomic E-state index is 0.335. The van der Waals surface area contributed by atoms with Gasteiger partial charge in [0.2, 0.25) is 0 Å². The van der Waals surface area contributed by atoms with Crippen molar-refractivity contribution in [2.24, 2.45) is 4.99 Å². The molecule has 6 heteroatoms. The number of ether oxygens (including phenoxy) is 2. The molecule has 0 heterocycles. The molecule has 0 aliphatic carbocycles. The van der Waals surface area contributed by atoms with Crippen LogP contribution in [0.1, 0.15) is 11.1 Å². The highest BCUT2D eigenvalue weighted by Crippen LogP contribution is 2.34. The second-order valence-electron chi connectivity index (χ2n) is 6.90. The van der Waals surface area contributed by atoms with E-state index in [2.05, 4.69) is 4.99 Å². The molecule has 4 aromatic carbocycles. The topological polar surface area (TPSA) is 30.8 Å². The molecule has 0 N–H and O–H groups in total. The van der Waals surface area contributed by atoms with Crippen molar-refractivity contribution in [2.75, 3.05) is 0 Å². The molecule has 0 spiro atoms. The summed E-state index contributed by atoms with van der Waals surface area (Å²) in [6.45, 7) is 0.335. The zero-order valence-corrected chi connectivity index (χ0v) is 19.1. The van der Waals surface area contributed by atoms with E-state index in [1.807, 2.05) is 78.9 Å². The molecular formula is C26H18Cl3NO2. The Bertz CT molecular complexity index is 1190. The second-order valence-corrected chi connectivity index (χ2v) is 8.15. The molecule has 4 aromatic rings. The molecular weight excluding hydrogens is 465 g/mol. The fourth-order valence-corrected chi connectivity index (χ4v) is 3.64. The van der Waals surface area contributed by atoms with Crippen LogP contribution >= 0.6 is 34.8 Å². The standard InChI is InChI=1S/C26H18Cl3NO2/c27-20-8-6-18(7-9-20)17-31-26-24(28)14-19(15-25(26)29)16-30-21-10-12-23(13-11-21)32-22-4-2-1-3-5-22/h1-16H,17H2. The summed E-state index contributed by atoms with van der Waals surface area (Å²) in [5.74, 6) is 1.96. The first-order chi connectivity index (χ1) is 15.6. The van der Waals surface area contributed by atoms with Crippen molar-refractivity contribution in [2.45, 2.75) is 6.61 Å². The third kappa shape index (κ3) is 6.04. The van der Waals surface area contributed by atoms with E-state index in [1.165, 1.54) is 0 Å². The van der Waals surface area contributed by atoms with E-state index in [0.29, 0.717) is 27.4 Å². The van der Waals surface area contributed by atoms with E-state index in [4.69, 9.17) is 44.3 Å². The zero-order valence-electron chi connectivity index (χ0n) is 16.8. The third-order valence-corrected chi connectivity index (χ3v) is 5.31. The molecule has 0 aliphatic heterocycles. The highest BCUT2D eigenvalue weighted by atomic mass is 35.5. The van der Waals surface area contributed by atoms with Crippen LogP contribution in [0, 0.1) is 0 Å². The summed E-state index contributed by atoms with van der Waals surface area (Å²) in [6, 6.07) is 28.0. The van der Waals surface area contributed by atoms with Crippen molar-refractivity contribution < 1.29 is 9.47 Å². The number of nitrogens with zero attached hydrogens (tertiary/aromatic N) is 1. The fraction of sp³-hybridized carbons (Fsp3) is 0.0385. The highest BCUT2D eigenvalue weighted by Gasteiger charge is 2.10. The number of aliphatic imine (C=N–C) groups is 1. The van der Waals surface area contributed by atoms with E-state index in [-0.39, 0.29) is 0 Å². The predicted molar refractivity (Wildman–Crippen MR) is 132 cm³/mol. The van der Waals surface area contributed by atoms with Crippen LogP contribution in [0.4, 0.5) is 5.69 Å². The summed E-state index contributed by atoms with van der Waals surface area (Å²) in [4.78, 5) is 4.49. The number of halogens is 3. The summed E-state index contributed by atoms with van der Waals surface area (Å²) in [6.07, 6.45) is 1.70.